The van der Waals surface area contributed by atoms with Crippen molar-refractivity contribution in [1.82, 2.24) is 4.98 Å². The van der Waals surface area contributed by atoms with E-state index in [4.69, 9.17) is 9.47 Å². The average molecular weight is 660 g/mol. The lowest BCUT2D eigenvalue weighted by molar-refractivity contribution is -0.145. The molecule has 1 fully saturated rings. The molecule has 0 radical (unpaired) electrons. The van der Waals surface area contributed by atoms with Gasteiger partial charge in [0.05, 0.1) is 33.4 Å². The molecule has 1 spiro atoms. The number of ether oxygens (including phenoxy) is 2. The maximum atomic E-state index is 15.0. The molecule has 5 aromatic rings. The monoisotopic (exact) mass is 659 g/mol. The summed E-state index contributed by atoms with van der Waals surface area (Å²) in [6.45, 7) is 6.71. The van der Waals surface area contributed by atoms with Crippen LogP contribution in [0.1, 0.15) is 24.5 Å². The first-order valence-electron chi connectivity index (χ1n) is 16.5. The van der Waals surface area contributed by atoms with Crippen LogP contribution in [0.4, 0.5) is 17.1 Å². The number of rotatable bonds is 9. The van der Waals surface area contributed by atoms with Gasteiger partial charge in [-0.1, -0.05) is 73.7 Å². The van der Waals surface area contributed by atoms with E-state index in [1.54, 1.807) is 12.0 Å². The molecule has 4 aromatic carbocycles. The highest BCUT2D eigenvalue weighted by Gasteiger charge is 2.66. The van der Waals surface area contributed by atoms with E-state index in [2.05, 4.69) is 42.5 Å². The smallest absolute Gasteiger partial charge is 0.268 e. The third-order valence-corrected chi connectivity index (χ3v) is 14.8. The van der Waals surface area contributed by atoms with E-state index in [0.29, 0.717) is 12.1 Å². The normalized spacial score (nSPS) is 22.0. The molecule has 8 nitrogen and oxygen atoms in total. The van der Waals surface area contributed by atoms with Crippen molar-refractivity contribution in [2.75, 3.05) is 23.9 Å². The van der Waals surface area contributed by atoms with Gasteiger partial charge in [0.25, 0.3) is 5.91 Å². The number of nitrogens with zero attached hydrogens (tertiary/aromatic N) is 1. The second kappa shape index (κ2) is 12.4. The van der Waals surface area contributed by atoms with Crippen LogP contribution < -0.4 is 20.1 Å². The molecule has 48 heavy (non-hydrogen) atoms. The molecule has 246 valence electrons. The Morgan fingerprint density at radius 3 is 2.48 bits per heavy atom. The number of methoxy groups -OCH3 is 1. The van der Waals surface area contributed by atoms with Crippen molar-refractivity contribution in [2.24, 2.45) is 5.92 Å². The predicted octanol–water partition coefficient (Wildman–Crippen LogP) is 6.63. The van der Waals surface area contributed by atoms with Crippen molar-refractivity contribution in [3.8, 4) is 5.75 Å². The summed E-state index contributed by atoms with van der Waals surface area (Å²) in [5, 5.41) is 15.6. The zero-order chi connectivity index (χ0) is 33.6. The molecule has 3 N–H and O–H groups in total. The number of aromatic nitrogens is 1. The maximum Gasteiger partial charge on any atom is 0.268 e. The predicted molar refractivity (Wildman–Crippen MR) is 192 cm³/mol. The van der Waals surface area contributed by atoms with E-state index < -0.39 is 13.7 Å². The second-order valence-electron chi connectivity index (χ2n) is 13.5. The third kappa shape index (κ3) is 5.13. The molecule has 0 aliphatic carbocycles. The minimum Gasteiger partial charge on any atom is -0.497 e. The van der Waals surface area contributed by atoms with E-state index in [9.17, 15) is 14.7 Å². The summed E-state index contributed by atoms with van der Waals surface area (Å²) in [4.78, 5) is 33.4. The van der Waals surface area contributed by atoms with E-state index in [-0.39, 0.29) is 42.4 Å². The van der Waals surface area contributed by atoms with Crippen molar-refractivity contribution in [2.45, 2.75) is 50.1 Å². The number of fused-ring (bicyclic) bond motifs is 3. The van der Waals surface area contributed by atoms with Crippen molar-refractivity contribution >= 4 is 53.0 Å². The van der Waals surface area contributed by atoms with Crippen LogP contribution in [0.3, 0.4) is 0 Å². The van der Waals surface area contributed by atoms with Gasteiger partial charge in [0.1, 0.15) is 5.75 Å². The molecule has 2 aliphatic heterocycles. The number of benzene rings is 4. The van der Waals surface area contributed by atoms with Gasteiger partial charge >= 0.3 is 0 Å². The number of para-hydroxylation sites is 2. The van der Waals surface area contributed by atoms with Gasteiger partial charge in [-0.25, -0.2) is 0 Å². The third-order valence-electron chi connectivity index (χ3n) is 10.5. The molecule has 2 aliphatic rings. The van der Waals surface area contributed by atoms with Crippen LogP contribution in [0.15, 0.2) is 103 Å². The fourth-order valence-electron chi connectivity index (χ4n) is 8.20. The van der Waals surface area contributed by atoms with Gasteiger partial charge in [-0.3, -0.25) is 14.5 Å². The number of anilines is 3. The number of aromatic amines is 1. The van der Waals surface area contributed by atoms with Crippen molar-refractivity contribution in [1.29, 1.82) is 0 Å². The van der Waals surface area contributed by atoms with Crippen LogP contribution in [0.5, 0.6) is 5.75 Å². The van der Waals surface area contributed by atoms with Crippen LogP contribution in [-0.2, 0) is 26.3 Å². The van der Waals surface area contributed by atoms with Crippen molar-refractivity contribution < 1.29 is 24.2 Å². The zero-order valence-electron chi connectivity index (χ0n) is 27.7. The van der Waals surface area contributed by atoms with E-state index in [0.717, 1.165) is 39.2 Å². The van der Waals surface area contributed by atoms with E-state index in [1.807, 2.05) is 91.1 Å². The second-order valence-corrected chi connectivity index (χ2v) is 18.1. The lowest BCUT2D eigenvalue weighted by Gasteiger charge is -2.37. The molecule has 4 atom stereocenters. The summed E-state index contributed by atoms with van der Waals surface area (Å²) in [7, 11) is -0.666. The summed E-state index contributed by atoms with van der Waals surface area (Å²) < 4.78 is 12.5. The summed E-state index contributed by atoms with van der Waals surface area (Å²) in [6.07, 6.45) is 2.15. The standard InChI is InChI=1S/C39H41N3O5Si/c1-25-37(48(3,4)30-17-15-29(46-2)16-18-30)35(20-21-43)47-39(25)32-23-27(14-19-34(32)42(38(39)45)28-10-6-5-7-11-28)41-36(44)22-26-24-40-33-13-9-8-12-31(26)33/h5-19,23-25,35,37,40,43H,20-22H2,1-4H3,(H,41,44)/t25-,35+,37-,39+/m0/s1. The van der Waals surface area contributed by atoms with Crippen LogP contribution in [-0.4, -0.2) is 49.8 Å². The Balaban J connectivity index is 1.29. The molecular weight excluding hydrogens is 619 g/mol. The SMILES string of the molecule is COc1ccc([Si](C)(C)[C@@H]2[C@@H](CCO)O[C@]3(C(=O)N(c4ccccc4)c4ccc(NC(=O)Cc5c[nH]c6ccccc56)cc43)[C@H]2C)cc1. The Morgan fingerprint density at radius 1 is 1.02 bits per heavy atom. The van der Waals surface area contributed by atoms with Crippen LogP contribution in [0.2, 0.25) is 18.6 Å². The lowest BCUT2D eigenvalue weighted by atomic mass is 9.82. The van der Waals surface area contributed by atoms with Crippen molar-refractivity contribution in [3.63, 3.8) is 0 Å². The van der Waals surface area contributed by atoms with Crippen LogP contribution in [0.25, 0.3) is 10.9 Å². The maximum absolute atomic E-state index is 15.0. The molecule has 2 amide bonds. The quantitative estimate of drug-likeness (QED) is 0.154. The fraction of sp³-hybridized carbons (Fsp3) is 0.282. The number of H-pyrrole nitrogens is 1. The Labute approximate surface area is 281 Å². The minimum atomic E-state index is -2.33. The number of nitrogens with one attached hydrogen (secondary N) is 2. The number of hydrogen-bond donors (Lipinski definition) is 3. The van der Waals surface area contributed by atoms with Crippen LogP contribution in [0, 0.1) is 5.92 Å². The number of aliphatic hydroxyl groups is 1. The van der Waals surface area contributed by atoms with Gasteiger partial charge in [-0.05, 0) is 66.1 Å². The molecule has 1 saturated heterocycles. The molecule has 0 bridgehead atoms. The summed E-state index contributed by atoms with van der Waals surface area (Å²) >= 11 is 0. The largest absolute Gasteiger partial charge is 0.497 e. The first-order chi connectivity index (χ1) is 23.2. The Hall–Kier alpha value is -4.70. The highest BCUT2D eigenvalue weighted by atomic mass is 28.3. The number of hydrogen-bond acceptors (Lipinski definition) is 5. The number of carbonyl (C=O) groups is 2. The minimum absolute atomic E-state index is 0.00527. The van der Waals surface area contributed by atoms with Gasteiger partial charge in [-0.2, -0.15) is 0 Å². The molecule has 7 rings (SSSR count). The molecule has 9 heteroatoms. The van der Waals surface area contributed by atoms with Crippen molar-refractivity contribution in [3.05, 3.63) is 114 Å². The first-order valence-corrected chi connectivity index (χ1v) is 19.6. The van der Waals surface area contributed by atoms with Gasteiger partial charge < -0.3 is 24.9 Å². The number of amides is 2. The molecule has 3 heterocycles. The van der Waals surface area contributed by atoms with E-state index >= 15 is 0 Å². The molecule has 0 unspecified atom stereocenters. The summed E-state index contributed by atoms with van der Waals surface area (Å²) in [5.74, 6) is 0.265. The number of carbonyl (C=O) groups excluding carboxylic acids is 2. The molecular formula is C39H41N3O5Si. The van der Waals surface area contributed by atoms with Gasteiger partial charge in [0.2, 0.25) is 5.91 Å². The van der Waals surface area contributed by atoms with Crippen LogP contribution >= 0.6 is 0 Å². The zero-order valence-corrected chi connectivity index (χ0v) is 28.7. The number of aliphatic hydroxyl groups excluding tert-OH is 1. The Kier molecular flexibility index (Phi) is 8.23. The summed E-state index contributed by atoms with van der Waals surface area (Å²) in [5.41, 5.74) is 3.43. The lowest BCUT2D eigenvalue weighted by Crippen LogP contribution is -2.51. The molecule has 0 saturated carbocycles. The Bertz CT molecular complexity index is 1980. The highest BCUT2D eigenvalue weighted by Crippen LogP contribution is 2.61. The first kappa shape index (κ1) is 31.9. The fourth-order valence-corrected chi connectivity index (χ4v) is 12.3. The van der Waals surface area contributed by atoms with Gasteiger partial charge in [-0.15, -0.1) is 0 Å². The molecule has 1 aromatic heterocycles. The van der Waals surface area contributed by atoms with Gasteiger partial charge in [0, 0.05) is 46.6 Å². The van der Waals surface area contributed by atoms with E-state index in [1.165, 1.54) is 5.19 Å². The summed E-state index contributed by atoms with van der Waals surface area (Å²) in [6, 6.07) is 31.4. The average Bonchev–Trinajstić information content (AvgIpc) is 3.71. The highest BCUT2D eigenvalue weighted by molar-refractivity contribution is 6.91. The van der Waals surface area contributed by atoms with Gasteiger partial charge in [0.15, 0.2) is 5.60 Å². The topological polar surface area (TPSA) is 104 Å². The Morgan fingerprint density at radius 2 is 1.75 bits per heavy atom.